The van der Waals surface area contributed by atoms with Crippen LogP contribution in [0.15, 0.2) is 55.1 Å². The molecule has 0 spiro atoms. The summed E-state index contributed by atoms with van der Waals surface area (Å²) in [5, 5.41) is 0. The van der Waals surface area contributed by atoms with Gasteiger partial charge in [-0.1, -0.05) is 25.1 Å². The van der Waals surface area contributed by atoms with Gasteiger partial charge in [0.2, 0.25) is 0 Å². The van der Waals surface area contributed by atoms with Gasteiger partial charge in [-0.3, -0.25) is 0 Å². The Morgan fingerprint density at radius 1 is 0.969 bits per heavy atom. The van der Waals surface area contributed by atoms with Gasteiger partial charge >= 0.3 is 11.9 Å². The molecule has 0 amide bonds. The fourth-order valence-electron chi connectivity index (χ4n) is 2.70. The Labute approximate surface area is 188 Å². The number of methoxy groups -OCH3 is 2. The number of benzene rings is 2. The maximum absolute atomic E-state index is 12.3. The Bertz CT molecular complexity index is 963. The predicted octanol–water partition coefficient (Wildman–Crippen LogP) is 4.38. The SMILES string of the molecule is C=CCc1ccc(OC(=O)COc2ccc(/C=C/C(=O)OCCC)cc2OC)c(OC)c1. The predicted molar refractivity (Wildman–Crippen MR) is 121 cm³/mol. The molecule has 7 nitrogen and oxygen atoms in total. The van der Waals surface area contributed by atoms with E-state index in [4.69, 9.17) is 23.7 Å². The van der Waals surface area contributed by atoms with Crippen molar-refractivity contribution in [3.63, 3.8) is 0 Å². The Balaban J connectivity index is 1.99. The zero-order chi connectivity index (χ0) is 23.3. The zero-order valence-corrected chi connectivity index (χ0v) is 18.6. The molecule has 0 aliphatic heterocycles. The van der Waals surface area contributed by atoms with Gasteiger partial charge in [-0.2, -0.15) is 0 Å². The third-order valence-corrected chi connectivity index (χ3v) is 4.23. The van der Waals surface area contributed by atoms with Crippen LogP contribution in [0, 0.1) is 0 Å². The molecule has 2 aromatic rings. The second-order valence-electron chi connectivity index (χ2n) is 6.65. The number of ether oxygens (including phenoxy) is 5. The Hall–Kier alpha value is -3.74. The summed E-state index contributed by atoms with van der Waals surface area (Å²) in [4.78, 5) is 23.9. The Morgan fingerprint density at radius 2 is 1.69 bits per heavy atom. The zero-order valence-electron chi connectivity index (χ0n) is 18.6. The topological polar surface area (TPSA) is 80.3 Å². The van der Waals surface area contributed by atoms with Crippen molar-refractivity contribution < 1.29 is 33.3 Å². The van der Waals surface area contributed by atoms with E-state index in [0.29, 0.717) is 36.0 Å². The first-order valence-corrected chi connectivity index (χ1v) is 10.1. The summed E-state index contributed by atoms with van der Waals surface area (Å²) in [6.07, 6.45) is 6.17. The van der Waals surface area contributed by atoms with Crippen molar-refractivity contribution >= 4 is 18.0 Å². The average Bonchev–Trinajstić information content (AvgIpc) is 2.81. The lowest BCUT2D eigenvalue weighted by molar-refractivity contribution is -0.138. The standard InChI is InChI=1S/C25H28O7/c1-5-7-18-9-12-21(23(15-18)29-4)32-25(27)17-31-20-11-8-19(16-22(20)28-3)10-13-24(26)30-14-6-2/h5,8-13,15-16H,1,6-7,14,17H2,2-4H3/b13-10+. The summed E-state index contributed by atoms with van der Waals surface area (Å²) in [6, 6.07) is 10.4. The first kappa shape index (κ1) is 24.5. The molecule has 0 aromatic heterocycles. The number of hydrogen-bond acceptors (Lipinski definition) is 7. The number of esters is 2. The van der Waals surface area contributed by atoms with Crippen molar-refractivity contribution in [3.8, 4) is 23.0 Å². The highest BCUT2D eigenvalue weighted by atomic mass is 16.6. The fourth-order valence-corrected chi connectivity index (χ4v) is 2.70. The van der Waals surface area contributed by atoms with Crippen molar-refractivity contribution in [3.05, 3.63) is 66.3 Å². The minimum atomic E-state index is -0.593. The van der Waals surface area contributed by atoms with E-state index in [0.717, 1.165) is 17.5 Å². The van der Waals surface area contributed by atoms with Crippen LogP contribution in [0.25, 0.3) is 6.08 Å². The molecule has 0 saturated heterocycles. The molecule has 170 valence electrons. The summed E-state index contributed by atoms with van der Waals surface area (Å²) in [5.41, 5.74) is 1.71. The van der Waals surface area contributed by atoms with E-state index in [-0.39, 0.29) is 6.61 Å². The summed E-state index contributed by atoms with van der Waals surface area (Å²) < 4.78 is 26.5. The van der Waals surface area contributed by atoms with Crippen LogP contribution in [0.5, 0.6) is 23.0 Å². The minimum absolute atomic E-state index is 0.302. The van der Waals surface area contributed by atoms with Crippen molar-refractivity contribution in [2.24, 2.45) is 0 Å². The van der Waals surface area contributed by atoms with Crippen molar-refractivity contribution in [1.29, 1.82) is 0 Å². The molecule has 0 fully saturated rings. The molecular formula is C25H28O7. The van der Waals surface area contributed by atoms with Gasteiger partial charge in [0.05, 0.1) is 20.8 Å². The van der Waals surface area contributed by atoms with Crippen LogP contribution in [0.2, 0.25) is 0 Å². The fraction of sp³-hybridized carbons (Fsp3) is 0.280. The largest absolute Gasteiger partial charge is 0.493 e. The van der Waals surface area contributed by atoms with Gasteiger partial charge in [-0.25, -0.2) is 9.59 Å². The number of allylic oxidation sites excluding steroid dienone is 1. The summed E-state index contributed by atoms with van der Waals surface area (Å²) in [5.74, 6) is 0.517. The second kappa shape index (κ2) is 12.8. The molecule has 0 radical (unpaired) electrons. The van der Waals surface area contributed by atoms with Crippen molar-refractivity contribution in [1.82, 2.24) is 0 Å². The van der Waals surface area contributed by atoms with E-state index in [2.05, 4.69) is 6.58 Å². The second-order valence-corrected chi connectivity index (χ2v) is 6.65. The summed E-state index contributed by atoms with van der Waals surface area (Å²) in [7, 11) is 2.99. The Kier molecular flexibility index (Phi) is 9.84. The van der Waals surface area contributed by atoms with Crippen LogP contribution in [0.4, 0.5) is 0 Å². The first-order valence-electron chi connectivity index (χ1n) is 10.1. The maximum Gasteiger partial charge on any atom is 0.349 e. The van der Waals surface area contributed by atoms with Crippen molar-refractivity contribution in [2.45, 2.75) is 19.8 Å². The molecule has 0 atom stereocenters. The van der Waals surface area contributed by atoms with Crippen LogP contribution in [0.1, 0.15) is 24.5 Å². The van der Waals surface area contributed by atoms with Gasteiger partial charge in [0.25, 0.3) is 0 Å². The third-order valence-electron chi connectivity index (χ3n) is 4.23. The Morgan fingerprint density at radius 3 is 2.38 bits per heavy atom. The van der Waals surface area contributed by atoms with Gasteiger partial charge in [-0.15, -0.1) is 6.58 Å². The number of carbonyl (C=O) groups excluding carboxylic acids is 2. The summed E-state index contributed by atoms with van der Waals surface area (Å²) >= 11 is 0. The normalized spacial score (nSPS) is 10.5. The quantitative estimate of drug-likeness (QED) is 0.210. The number of rotatable bonds is 12. The van der Waals surface area contributed by atoms with E-state index in [9.17, 15) is 9.59 Å². The van der Waals surface area contributed by atoms with Crippen LogP contribution < -0.4 is 18.9 Å². The molecule has 0 heterocycles. The van der Waals surface area contributed by atoms with Gasteiger partial charge in [0, 0.05) is 6.08 Å². The van der Waals surface area contributed by atoms with Crippen LogP contribution >= 0.6 is 0 Å². The molecular weight excluding hydrogens is 412 g/mol. The highest BCUT2D eigenvalue weighted by Gasteiger charge is 2.13. The molecule has 0 bridgehead atoms. The highest BCUT2D eigenvalue weighted by molar-refractivity contribution is 5.87. The van der Waals surface area contributed by atoms with Crippen molar-refractivity contribution in [2.75, 3.05) is 27.4 Å². The lowest BCUT2D eigenvalue weighted by Crippen LogP contribution is -2.18. The minimum Gasteiger partial charge on any atom is -0.493 e. The number of carbonyl (C=O) groups is 2. The van der Waals surface area contributed by atoms with Crippen LogP contribution in [0.3, 0.4) is 0 Å². The maximum atomic E-state index is 12.3. The van der Waals surface area contributed by atoms with E-state index >= 15 is 0 Å². The molecule has 0 aliphatic carbocycles. The van der Waals surface area contributed by atoms with Gasteiger partial charge in [-0.05, 0) is 54.3 Å². The molecule has 32 heavy (non-hydrogen) atoms. The lowest BCUT2D eigenvalue weighted by Gasteiger charge is -2.13. The molecule has 2 rings (SSSR count). The average molecular weight is 440 g/mol. The molecule has 0 N–H and O–H groups in total. The van der Waals surface area contributed by atoms with Gasteiger partial charge in [0.1, 0.15) is 0 Å². The smallest absolute Gasteiger partial charge is 0.349 e. The molecule has 7 heteroatoms. The van der Waals surface area contributed by atoms with E-state index in [1.54, 1.807) is 42.5 Å². The number of hydrogen-bond donors (Lipinski definition) is 0. The summed E-state index contributed by atoms with van der Waals surface area (Å²) in [6.45, 7) is 5.68. The van der Waals surface area contributed by atoms with E-state index < -0.39 is 11.9 Å². The first-order chi connectivity index (χ1) is 15.5. The van der Waals surface area contributed by atoms with Crippen LogP contribution in [-0.4, -0.2) is 39.4 Å². The molecule has 0 aliphatic rings. The van der Waals surface area contributed by atoms with E-state index in [1.807, 2.05) is 13.0 Å². The van der Waals surface area contributed by atoms with Gasteiger partial charge < -0.3 is 23.7 Å². The third kappa shape index (κ3) is 7.50. The van der Waals surface area contributed by atoms with Gasteiger partial charge in [0.15, 0.2) is 29.6 Å². The monoisotopic (exact) mass is 440 g/mol. The lowest BCUT2D eigenvalue weighted by atomic mass is 10.1. The molecule has 2 aromatic carbocycles. The molecule has 0 unspecified atom stereocenters. The van der Waals surface area contributed by atoms with E-state index in [1.165, 1.54) is 20.3 Å². The highest BCUT2D eigenvalue weighted by Crippen LogP contribution is 2.30. The molecule has 0 saturated carbocycles. The van der Waals surface area contributed by atoms with Crippen LogP contribution in [-0.2, 0) is 20.7 Å².